The second-order valence-corrected chi connectivity index (χ2v) is 11.5. The molecular formula is C42H26N4. The van der Waals surface area contributed by atoms with Gasteiger partial charge in [0, 0.05) is 28.5 Å². The highest BCUT2D eigenvalue weighted by Gasteiger charge is 2.23. The predicted octanol–water partition coefficient (Wildman–Crippen LogP) is 10.4. The monoisotopic (exact) mass is 586 g/mol. The van der Waals surface area contributed by atoms with Gasteiger partial charge >= 0.3 is 0 Å². The first kappa shape index (κ1) is 26.2. The van der Waals surface area contributed by atoms with Crippen LogP contribution in [0.25, 0.3) is 89.6 Å². The zero-order valence-electron chi connectivity index (χ0n) is 24.8. The van der Waals surface area contributed by atoms with Gasteiger partial charge in [0.15, 0.2) is 17.5 Å². The van der Waals surface area contributed by atoms with Crippen molar-refractivity contribution in [1.29, 1.82) is 0 Å². The fourth-order valence-corrected chi connectivity index (χ4v) is 6.59. The van der Waals surface area contributed by atoms with Crippen LogP contribution in [-0.2, 0) is 0 Å². The molecule has 0 N–H and O–H groups in total. The Bertz CT molecular complexity index is 2320. The summed E-state index contributed by atoms with van der Waals surface area (Å²) in [6.45, 7) is 0. The van der Waals surface area contributed by atoms with Crippen molar-refractivity contribution in [2.45, 2.75) is 0 Å². The Hall–Kier alpha value is -6.26. The molecule has 0 bridgehead atoms. The summed E-state index contributed by atoms with van der Waals surface area (Å²) in [6, 6.07) is 52.6. The SMILES string of the molecule is c1ccc(-c2nc(-c3ccccc3)nc(-c3cc(-c4ccccn4)cc(-c4ccc5c6c(cccc46)-c4ccccc4-5)c3)n2)cc1. The van der Waals surface area contributed by atoms with E-state index >= 15 is 0 Å². The molecule has 0 spiro atoms. The third kappa shape index (κ3) is 4.39. The number of rotatable bonds is 5. The number of pyridine rings is 1. The molecule has 4 nitrogen and oxygen atoms in total. The summed E-state index contributed by atoms with van der Waals surface area (Å²) in [5.41, 5.74) is 12.1. The minimum absolute atomic E-state index is 0.616. The Morgan fingerprint density at radius 1 is 0.326 bits per heavy atom. The molecule has 0 unspecified atom stereocenters. The lowest BCUT2D eigenvalue weighted by Crippen LogP contribution is -2.00. The maximum Gasteiger partial charge on any atom is 0.164 e. The van der Waals surface area contributed by atoms with Crippen LogP contribution in [0.1, 0.15) is 0 Å². The molecule has 0 saturated heterocycles. The molecule has 0 saturated carbocycles. The molecule has 0 fully saturated rings. The first-order chi connectivity index (χ1) is 22.8. The zero-order valence-corrected chi connectivity index (χ0v) is 24.8. The van der Waals surface area contributed by atoms with Crippen LogP contribution in [0, 0.1) is 0 Å². The van der Waals surface area contributed by atoms with Gasteiger partial charge < -0.3 is 0 Å². The summed E-state index contributed by atoms with van der Waals surface area (Å²) in [6.07, 6.45) is 1.84. The van der Waals surface area contributed by atoms with Crippen LogP contribution in [0.3, 0.4) is 0 Å². The molecular weight excluding hydrogens is 560 g/mol. The van der Waals surface area contributed by atoms with Crippen LogP contribution in [0.15, 0.2) is 158 Å². The van der Waals surface area contributed by atoms with E-state index in [2.05, 4.69) is 72.8 Å². The molecule has 0 aliphatic heterocycles. The molecule has 1 aliphatic carbocycles. The highest BCUT2D eigenvalue weighted by molar-refractivity contribution is 6.18. The standard InChI is InChI=1S/C42H26N4/c1-3-12-27(13-4-1)40-44-41(28-14-5-2-6-15-28)46-42(45-40)31-25-29(24-30(26-31)38-20-9-10-23-43-38)32-21-22-37-34-17-8-7-16-33(34)36-19-11-18-35(32)39(36)37/h1-26H. The highest BCUT2D eigenvalue weighted by Crippen LogP contribution is 2.49. The fourth-order valence-electron chi connectivity index (χ4n) is 6.59. The van der Waals surface area contributed by atoms with E-state index in [1.165, 1.54) is 33.0 Å². The van der Waals surface area contributed by atoms with Crippen molar-refractivity contribution in [3.8, 4) is 78.8 Å². The van der Waals surface area contributed by atoms with E-state index in [4.69, 9.17) is 19.9 Å². The normalized spacial score (nSPS) is 11.5. The van der Waals surface area contributed by atoms with Gasteiger partial charge in [0.1, 0.15) is 0 Å². The Balaban J connectivity index is 1.29. The van der Waals surface area contributed by atoms with Crippen LogP contribution in [0.5, 0.6) is 0 Å². The Morgan fingerprint density at radius 3 is 1.50 bits per heavy atom. The molecule has 4 heteroatoms. The van der Waals surface area contributed by atoms with Gasteiger partial charge in [0.25, 0.3) is 0 Å². The molecule has 6 aromatic carbocycles. The average Bonchev–Trinajstić information content (AvgIpc) is 3.47. The van der Waals surface area contributed by atoms with Gasteiger partial charge in [-0.25, -0.2) is 15.0 Å². The molecule has 1 aliphatic rings. The Morgan fingerprint density at radius 2 is 0.848 bits per heavy atom. The maximum absolute atomic E-state index is 5.05. The fraction of sp³-hybridized carbons (Fsp3) is 0. The van der Waals surface area contributed by atoms with Crippen molar-refractivity contribution >= 4 is 10.8 Å². The quantitative estimate of drug-likeness (QED) is 0.201. The Labute approximate surface area is 266 Å². The van der Waals surface area contributed by atoms with Crippen molar-refractivity contribution in [3.05, 3.63) is 158 Å². The number of hydrogen-bond acceptors (Lipinski definition) is 4. The second kappa shape index (κ2) is 10.7. The van der Waals surface area contributed by atoms with Crippen molar-refractivity contribution in [1.82, 2.24) is 19.9 Å². The van der Waals surface area contributed by atoms with E-state index < -0.39 is 0 Å². The minimum atomic E-state index is 0.616. The summed E-state index contributed by atoms with van der Waals surface area (Å²) >= 11 is 0. The van der Waals surface area contributed by atoms with E-state index in [0.717, 1.165) is 39.1 Å². The summed E-state index contributed by atoms with van der Waals surface area (Å²) in [5, 5.41) is 2.52. The predicted molar refractivity (Wildman–Crippen MR) is 187 cm³/mol. The molecule has 2 heterocycles. The van der Waals surface area contributed by atoms with Gasteiger partial charge in [-0.05, 0) is 74.5 Å². The van der Waals surface area contributed by atoms with Crippen LogP contribution in [-0.4, -0.2) is 19.9 Å². The summed E-state index contributed by atoms with van der Waals surface area (Å²) in [7, 11) is 0. The average molecular weight is 587 g/mol. The van der Waals surface area contributed by atoms with Gasteiger partial charge in [-0.15, -0.1) is 0 Å². The van der Waals surface area contributed by atoms with Gasteiger partial charge in [-0.3, -0.25) is 4.98 Å². The van der Waals surface area contributed by atoms with E-state index in [-0.39, 0.29) is 0 Å². The van der Waals surface area contributed by atoms with Crippen LogP contribution in [0.2, 0.25) is 0 Å². The van der Waals surface area contributed by atoms with E-state index in [1.807, 2.05) is 85.1 Å². The molecule has 2 aromatic heterocycles. The number of aromatic nitrogens is 4. The van der Waals surface area contributed by atoms with Crippen LogP contribution in [0.4, 0.5) is 0 Å². The smallest absolute Gasteiger partial charge is 0.164 e. The van der Waals surface area contributed by atoms with Crippen LogP contribution >= 0.6 is 0 Å². The molecule has 0 atom stereocenters. The van der Waals surface area contributed by atoms with E-state index in [0.29, 0.717) is 17.5 Å². The summed E-state index contributed by atoms with van der Waals surface area (Å²) < 4.78 is 0. The van der Waals surface area contributed by atoms with Gasteiger partial charge in [0.2, 0.25) is 0 Å². The molecule has 8 aromatic rings. The molecule has 214 valence electrons. The number of benzene rings is 6. The maximum atomic E-state index is 5.05. The first-order valence-electron chi connectivity index (χ1n) is 15.4. The van der Waals surface area contributed by atoms with Crippen LogP contribution < -0.4 is 0 Å². The second-order valence-electron chi connectivity index (χ2n) is 11.5. The summed E-state index contributed by atoms with van der Waals surface area (Å²) in [5.74, 6) is 1.89. The lowest BCUT2D eigenvalue weighted by atomic mass is 9.92. The first-order valence-corrected chi connectivity index (χ1v) is 15.4. The molecule has 0 amide bonds. The lowest BCUT2D eigenvalue weighted by molar-refractivity contribution is 1.07. The Kier molecular flexibility index (Phi) is 6.10. The number of nitrogens with zero attached hydrogens (tertiary/aromatic N) is 4. The largest absolute Gasteiger partial charge is 0.256 e. The minimum Gasteiger partial charge on any atom is -0.256 e. The third-order valence-electron chi connectivity index (χ3n) is 8.71. The van der Waals surface area contributed by atoms with Gasteiger partial charge in [-0.1, -0.05) is 121 Å². The third-order valence-corrected chi connectivity index (χ3v) is 8.71. The molecule has 0 radical (unpaired) electrons. The topological polar surface area (TPSA) is 51.6 Å². The van der Waals surface area contributed by atoms with E-state index in [1.54, 1.807) is 0 Å². The summed E-state index contributed by atoms with van der Waals surface area (Å²) in [4.78, 5) is 19.7. The van der Waals surface area contributed by atoms with Crippen molar-refractivity contribution in [2.75, 3.05) is 0 Å². The molecule has 46 heavy (non-hydrogen) atoms. The number of fused-ring (bicyclic) bond motifs is 3. The van der Waals surface area contributed by atoms with E-state index in [9.17, 15) is 0 Å². The number of hydrogen-bond donors (Lipinski definition) is 0. The molecule has 9 rings (SSSR count). The van der Waals surface area contributed by atoms with Gasteiger partial charge in [0.05, 0.1) is 5.69 Å². The zero-order chi connectivity index (χ0) is 30.5. The highest BCUT2D eigenvalue weighted by atomic mass is 15.0. The van der Waals surface area contributed by atoms with Crippen molar-refractivity contribution in [2.24, 2.45) is 0 Å². The van der Waals surface area contributed by atoms with Gasteiger partial charge in [-0.2, -0.15) is 0 Å². The lowest BCUT2D eigenvalue weighted by Gasteiger charge is -2.14. The van der Waals surface area contributed by atoms with Crippen molar-refractivity contribution < 1.29 is 0 Å². The van der Waals surface area contributed by atoms with Crippen molar-refractivity contribution in [3.63, 3.8) is 0 Å².